The quantitative estimate of drug-likeness (QED) is 0.0222. The maximum absolute atomic E-state index is 13.1. The predicted octanol–water partition coefficient (Wildman–Crippen LogP) is 22.5. The lowest BCUT2D eigenvalue weighted by Gasteiger charge is -2.21. The van der Waals surface area contributed by atoms with Gasteiger partial charge in [-0.15, -0.1) is 0 Å². The number of phosphoric acid groups is 2. The Hall–Kier alpha value is -1.94. The van der Waals surface area contributed by atoms with E-state index in [2.05, 4.69) is 34.6 Å². The molecule has 0 spiro atoms. The van der Waals surface area contributed by atoms with Gasteiger partial charge in [-0.25, -0.2) is 9.13 Å². The molecule has 0 aromatic heterocycles. The van der Waals surface area contributed by atoms with Crippen LogP contribution in [-0.4, -0.2) is 96.7 Å². The monoisotopic (exact) mass is 1400 g/mol. The van der Waals surface area contributed by atoms with E-state index in [0.29, 0.717) is 25.7 Å². The Balaban J connectivity index is 5.26. The number of aliphatic hydroxyl groups is 1. The van der Waals surface area contributed by atoms with E-state index in [1.165, 1.54) is 225 Å². The van der Waals surface area contributed by atoms with Crippen LogP contribution in [0.2, 0.25) is 0 Å². The number of aliphatic hydroxyl groups excluding tert-OH is 1. The van der Waals surface area contributed by atoms with Crippen LogP contribution < -0.4 is 0 Å². The average Bonchev–Trinajstić information content (AvgIpc) is 1.90. The topological polar surface area (TPSA) is 237 Å². The Morgan fingerprint density at radius 1 is 0.295 bits per heavy atom. The van der Waals surface area contributed by atoms with E-state index in [1.54, 1.807) is 0 Å². The summed E-state index contributed by atoms with van der Waals surface area (Å²) >= 11 is 0. The Labute approximate surface area is 581 Å². The van der Waals surface area contributed by atoms with E-state index in [0.717, 1.165) is 95.8 Å². The molecular formula is C76H148O17P2. The van der Waals surface area contributed by atoms with Crippen molar-refractivity contribution in [3.63, 3.8) is 0 Å². The van der Waals surface area contributed by atoms with E-state index in [-0.39, 0.29) is 25.7 Å². The molecule has 0 heterocycles. The molecule has 564 valence electrons. The summed E-state index contributed by atoms with van der Waals surface area (Å²) in [5, 5.41) is 10.6. The van der Waals surface area contributed by atoms with Crippen LogP contribution in [0.4, 0.5) is 0 Å². The molecule has 0 saturated carbocycles. The van der Waals surface area contributed by atoms with Gasteiger partial charge in [0, 0.05) is 25.7 Å². The van der Waals surface area contributed by atoms with Crippen molar-refractivity contribution < 1.29 is 80.2 Å². The second kappa shape index (κ2) is 69.2. The highest BCUT2D eigenvalue weighted by molar-refractivity contribution is 7.47. The van der Waals surface area contributed by atoms with Gasteiger partial charge in [-0.2, -0.15) is 0 Å². The molecule has 17 nitrogen and oxygen atoms in total. The maximum atomic E-state index is 13.1. The summed E-state index contributed by atoms with van der Waals surface area (Å²) in [7, 11) is -9.91. The molecule has 0 aliphatic rings. The molecular weight excluding hydrogens is 1250 g/mol. The van der Waals surface area contributed by atoms with Crippen molar-refractivity contribution in [1.82, 2.24) is 0 Å². The van der Waals surface area contributed by atoms with Crippen molar-refractivity contribution in [1.29, 1.82) is 0 Å². The highest BCUT2D eigenvalue weighted by atomic mass is 31.2. The minimum Gasteiger partial charge on any atom is -0.462 e. The summed E-state index contributed by atoms with van der Waals surface area (Å²) in [6, 6.07) is 0. The lowest BCUT2D eigenvalue weighted by Crippen LogP contribution is -2.30. The van der Waals surface area contributed by atoms with Gasteiger partial charge < -0.3 is 33.8 Å². The van der Waals surface area contributed by atoms with E-state index < -0.39 is 97.5 Å². The Morgan fingerprint density at radius 3 is 0.747 bits per heavy atom. The van der Waals surface area contributed by atoms with Gasteiger partial charge in [-0.05, 0) is 31.6 Å². The molecule has 0 aliphatic heterocycles. The zero-order valence-corrected chi connectivity index (χ0v) is 63.6. The van der Waals surface area contributed by atoms with Crippen LogP contribution in [0.15, 0.2) is 0 Å². The smallest absolute Gasteiger partial charge is 0.462 e. The lowest BCUT2D eigenvalue weighted by molar-refractivity contribution is -0.161. The lowest BCUT2D eigenvalue weighted by atomic mass is 9.99. The van der Waals surface area contributed by atoms with Crippen molar-refractivity contribution in [3.05, 3.63) is 0 Å². The molecule has 0 radical (unpaired) electrons. The number of ether oxygens (including phenoxy) is 4. The van der Waals surface area contributed by atoms with Gasteiger partial charge in [0.1, 0.15) is 19.3 Å². The van der Waals surface area contributed by atoms with Gasteiger partial charge in [0.05, 0.1) is 26.4 Å². The molecule has 0 aromatic carbocycles. The fraction of sp³-hybridized carbons (Fsp3) is 0.947. The highest BCUT2D eigenvalue weighted by Crippen LogP contribution is 2.45. The second-order valence-corrected chi connectivity index (χ2v) is 30.5. The molecule has 0 aliphatic carbocycles. The van der Waals surface area contributed by atoms with Crippen molar-refractivity contribution >= 4 is 39.5 Å². The fourth-order valence-electron chi connectivity index (χ4n) is 11.7. The van der Waals surface area contributed by atoms with Crippen LogP contribution in [0.3, 0.4) is 0 Å². The molecule has 0 aromatic rings. The van der Waals surface area contributed by atoms with Gasteiger partial charge >= 0.3 is 39.5 Å². The van der Waals surface area contributed by atoms with Crippen molar-refractivity contribution in [2.75, 3.05) is 39.6 Å². The van der Waals surface area contributed by atoms with Gasteiger partial charge in [0.2, 0.25) is 0 Å². The SMILES string of the molecule is CCCCCCCCCCCCCCCCCCCC(=O)O[C@H](COC(=O)CCCCCCCCCCCCCCC)COP(=O)(O)OC[C@@H](O)COP(=O)(O)OC[C@@H](COC(=O)CCCCCCCCCCC(C)CC)OC(=O)CCCCCCCCCCCCCCC. The molecule has 3 unspecified atom stereocenters. The van der Waals surface area contributed by atoms with Crippen molar-refractivity contribution in [2.45, 2.75) is 419 Å². The third-order valence-electron chi connectivity index (χ3n) is 18.1. The highest BCUT2D eigenvalue weighted by Gasteiger charge is 2.30. The maximum Gasteiger partial charge on any atom is 0.472 e. The summed E-state index contributed by atoms with van der Waals surface area (Å²) in [5.74, 6) is -1.33. The number of unbranched alkanes of at least 4 members (excludes halogenated alkanes) is 47. The summed E-state index contributed by atoms with van der Waals surface area (Å²) in [6.45, 7) is 7.31. The van der Waals surface area contributed by atoms with E-state index >= 15 is 0 Å². The number of rotatable bonds is 76. The van der Waals surface area contributed by atoms with Crippen LogP contribution in [-0.2, 0) is 65.4 Å². The summed E-state index contributed by atoms with van der Waals surface area (Å²) in [4.78, 5) is 72.8. The van der Waals surface area contributed by atoms with Crippen molar-refractivity contribution in [2.24, 2.45) is 5.92 Å². The summed E-state index contributed by atoms with van der Waals surface area (Å²) in [5.41, 5.74) is 0. The number of phosphoric ester groups is 2. The molecule has 0 fully saturated rings. The van der Waals surface area contributed by atoms with Crippen LogP contribution in [0, 0.1) is 5.92 Å². The van der Waals surface area contributed by atoms with Gasteiger partial charge in [0.15, 0.2) is 12.2 Å². The predicted molar refractivity (Wildman–Crippen MR) is 386 cm³/mol. The minimum absolute atomic E-state index is 0.108. The molecule has 19 heteroatoms. The number of hydrogen-bond acceptors (Lipinski definition) is 15. The van der Waals surface area contributed by atoms with Crippen LogP contribution in [0.1, 0.15) is 401 Å². The first-order chi connectivity index (χ1) is 46.1. The summed E-state index contributed by atoms with van der Waals surface area (Å²) in [6.07, 6.45) is 58.0. The zero-order valence-electron chi connectivity index (χ0n) is 61.8. The number of hydrogen-bond donors (Lipinski definition) is 3. The second-order valence-electron chi connectivity index (χ2n) is 27.6. The third kappa shape index (κ3) is 69.0. The first kappa shape index (κ1) is 93.1. The number of carbonyl (C=O) groups is 4. The molecule has 95 heavy (non-hydrogen) atoms. The fourth-order valence-corrected chi connectivity index (χ4v) is 13.3. The molecule has 0 bridgehead atoms. The van der Waals surface area contributed by atoms with Crippen LogP contribution in [0.5, 0.6) is 0 Å². The van der Waals surface area contributed by atoms with Crippen LogP contribution >= 0.6 is 15.6 Å². The molecule has 0 saturated heterocycles. The largest absolute Gasteiger partial charge is 0.472 e. The Morgan fingerprint density at radius 2 is 0.505 bits per heavy atom. The van der Waals surface area contributed by atoms with Gasteiger partial charge in [-0.1, -0.05) is 349 Å². The standard InChI is InChI=1S/C76H148O17P2/c1-6-10-13-16-19-22-25-28-29-30-31-34-37-40-47-52-57-62-76(81)92-71(65-86-73(78)59-54-49-44-38-35-32-26-23-20-17-14-11-7-2)67-90-94(82,83)88-63-70(77)64-89-95(84,85)91-68-72(66-87-74(79)60-55-50-45-42-41-43-48-53-58-69(5)9-4)93-75(80)61-56-51-46-39-36-33-27-24-21-18-15-12-8-3/h69-72,77H,6-68H2,1-5H3,(H,82,83)(H,84,85)/t69?,70-,71-,72-/m1/s1. The molecule has 6 atom stereocenters. The first-order valence-corrected chi connectivity index (χ1v) is 42.7. The first-order valence-electron chi connectivity index (χ1n) is 39.7. The normalized spacial score (nSPS) is 14.2. The third-order valence-corrected chi connectivity index (χ3v) is 20.0. The number of carbonyl (C=O) groups excluding carboxylic acids is 4. The Kier molecular flexibility index (Phi) is 67.7. The van der Waals surface area contributed by atoms with E-state index in [4.69, 9.17) is 37.0 Å². The van der Waals surface area contributed by atoms with E-state index in [9.17, 15) is 43.2 Å². The molecule has 0 amide bonds. The summed E-state index contributed by atoms with van der Waals surface area (Å²) < 4.78 is 68.6. The molecule has 0 rings (SSSR count). The van der Waals surface area contributed by atoms with Gasteiger partial charge in [0.25, 0.3) is 0 Å². The Bertz CT molecular complexity index is 1820. The number of esters is 4. The van der Waals surface area contributed by atoms with Crippen molar-refractivity contribution in [3.8, 4) is 0 Å². The minimum atomic E-state index is -4.96. The van der Waals surface area contributed by atoms with Gasteiger partial charge in [-0.3, -0.25) is 37.3 Å². The average molecular weight is 1400 g/mol. The zero-order chi connectivity index (χ0) is 69.8. The van der Waals surface area contributed by atoms with E-state index in [1.807, 2.05) is 0 Å². The van der Waals surface area contributed by atoms with Crippen LogP contribution in [0.25, 0.3) is 0 Å². The molecule has 3 N–H and O–H groups in total.